The average molecular weight is 318 g/mol. The van der Waals surface area contributed by atoms with E-state index in [0.29, 0.717) is 12.2 Å². The molecule has 1 saturated heterocycles. The van der Waals surface area contributed by atoms with Gasteiger partial charge < -0.3 is 14.8 Å². The predicted molar refractivity (Wildman–Crippen MR) is 71.0 cm³/mol. The van der Waals surface area contributed by atoms with Crippen molar-refractivity contribution in [3.8, 4) is 0 Å². The number of hydrogen-bond acceptors (Lipinski definition) is 3. The first-order chi connectivity index (χ1) is 8.65. The Hall–Kier alpha value is -0.490. The maximum absolute atomic E-state index is 13.5. The number of halogens is 2. The largest absolute Gasteiger partial charge is 0.374 e. The number of hydrogen-bond donors (Lipinski definition) is 1. The zero-order chi connectivity index (χ0) is 13.0. The number of benzene rings is 1. The molecule has 100 valence electrons. The molecule has 2 atom stereocenters. The highest BCUT2D eigenvalue weighted by Gasteiger charge is 2.18. The van der Waals surface area contributed by atoms with Crippen molar-refractivity contribution in [2.24, 2.45) is 0 Å². The van der Waals surface area contributed by atoms with Crippen molar-refractivity contribution in [2.45, 2.75) is 25.7 Å². The van der Waals surface area contributed by atoms with E-state index >= 15 is 0 Å². The van der Waals surface area contributed by atoms with Gasteiger partial charge in [0.2, 0.25) is 0 Å². The zero-order valence-electron chi connectivity index (χ0n) is 10.3. The molecule has 0 aromatic heterocycles. The minimum absolute atomic E-state index is 0.0453. The Morgan fingerprint density at radius 3 is 3.11 bits per heavy atom. The van der Waals surface area contributed by atoms with Gasteiger partial charge in [0.1, 0.15) is 5.82 Å². The van der Waals surface area contributed by atoms with Crippen molar-refractivity contribution >= 4 is 15.9 Å². The molecule has 1 heterocycles. The highest BCUT2D eigenvalue weighted by Crippen LogP contribution is 2.16. The number of morpholine rings is 1. The van der Waals surface area contributed by atoms with Crippen LogP contribution in [0.4, 0.5) is 4.39 Å². The lowest BCUT2D eigenvalue weighted by Crippen LogP contribution is -2.45. The quantitative estimate of drug-likeness (QED) is 0.925. The second-order valence-corrected chi connectivity index (χ2v) is 5.39. The first-order valence-corrected chi connectivity index (χ1v) is 6.82. The fourth-order valence-corrected chi connectivity index (χ4v) is 2.33. The zero-order valence-corrected chi connectivity index (χ0v) is 11.9. The molecular formula is C13H17BrFNO2. The van der Waals surface area contributed by atoms with E-state index in [9.17, 15) is 4.39 Å². The summed E-state index contributed by atoms with van der Waals surface area (Å²) in [7, 11) is 0. The fourth-order valence-electron chi connectivity index (χ4n) is 1.92. The third-order valence-corrected chi connectivity index (χ3v) is 3.29. The smallest absolute Gasteiger partial charge is 0.128 e. The maximum Gasteiger partial charge on any atom is 0.128 e. The van der Waals surface area contributed by atoms with Gasteiger partial charge in [0.05, 0.1) is 25.4 Å². The molecule has 5 heteroatoms. The van der Waals surface area contributed by atoms with Crippen LogP contribution < -0.4 is 5.32 Å². The van der Waals surface area contributed by atoms with Crippen molar-refractivity contribution in [3.05, 3.63) is 34.1 Å². The van der Waals surface area contributed by atoms with E-state index in [1.54, 1.807) is 12.1 Å². The van der Waals surface area contributed by atoms with Gasteiger partial charge >= 0.3 is 0 Å². The molecule has 1 N–H and O–H groups in total. The summed E-state index contributed by atoms with van der Waals surface area (Å²) in [6.45, 7) is 4.41. The van der Waals surface area contributed by atoms with Crippen LogP contribution in [-0.4, -0.2) is 31.9 Å². The molecule has 0 amide bonds. The van der Waals surface area contributed by atoms with Crippen LogP contribution in [0, 0.1) is 5.82 Å². The van der Waals surface area contributed by atoms with Crippen molar-refractivity contribution in [2.75, 3.05) is 19.7 Å². The number of nitrogens with one attached hydrogen (secondary N) is 1. The number of ether oxygens (including phenoxy) is 2. The van der Waals surface area contributed by atoms with Gasteiger partial charge in [-0.3, -0.25) is 0 Å². The molecule has 3 nitrogen and oxygen atoms in total. The molecule has 2 rings (SSSR count). The van der Waals surface area contributed by atoms with Crippen LogP contribution in [0.25, 0.3) is 0 Å². The van der Waals surface area contributed by atoms with Crippen LogP contribution in [0.5, 0.6) is 0 Å². The molecule has 1 aliphatic rings. The van der Waals surface area contributed by atoms with Gasteiger partial charge in [0, 0.05) is 23.1 Å². The molecule has 1 fully saturated rings. The second-order valence-electron chi connectivity index (χ2n) is 4.48. The fraction of sp³-hybridized carbons (Fsp3) is 0.538. The summed E-state index contributed by atoms with van der Waals surface area (Å²) in [6, 6.07) is 4.84. The second kappa shape index (κ2) is 6.61. The molecular weight excluding hydrogens is 301 g/mol. The van der Waals surface area contributed by atoms with E-state index in [2.05, 4.69) is 21.2 Å². The van der Waals surface area contributed by atoms with Gasteiger partial charge in [0.25, 0.3) is 0 Å². The topological polar surface area (TPSA) is 30.5 Å². The minimum atomic E-state index is -0.241. The van der Waals surface area contributed by atoms with Crippen LogP contribution in [0.3, 0.4) is 0 Å². The van der Waals surface area contributed by atoms with Crippen LogP contribution in [0.1, 0.15) is 12.5 Å². The Labute approximate surface area is 115 Å². The molecule has 1 aromatic rings. The Balaban J connectivity index is 1.79. The first kappa shape index (κ1) is 13.9. The Kier molecular flexibility index (Phi) is 5.12. The molecule has 2 unspecified atom stereocenters. The van der Waals surface area contributed by atoms with Gasteiger partial charge in [-0.15, -0.1) is 0 Å². The molecule has 18 heavy (non-hydrogen) atoms. The lowest BCUT2D eigenvalue weighted by Gasteiger charge is -2.28. The SMILES string of the molecule is CC1CNCC(COCc2cc(Br)ccc2F)O1. The summed E-state index contributed by atoms with van der Waals surface area (Å²) >= 11 is 3.32. The standard InChI is InChI=1S/C13H17BrFNO2/c1-9-5-16-6-12(18-9)8-17-7-10-4-11(14)2-3-13(10)15/h2-4,9,12,16H,5-8H2,1H3. The van der Waals surface area contributed by atoms with E-state index in [4.69, 9.17) is 9.47 Å². The predicted octanol–water partition coefficient (Wildman–Crippen LogP) is 2.48. The van der Waals surface area contributed by atoms with Gasteiger partial charge in [-0.05, 0) is 25.1 Å². The van der Waals surface area contributed by atoms with Crippen LogP contribution >= 0.6 is 15.9 Å². The van der Waals surface area contributed by atoms with Gasteiger partial charge in [-0.25, -0.2) is 4.39 Å². The van der Waals surface area contributed by atoms with Crippen LogP contribution in [0.15, 0.2) is 22.7 Å². The van der Waals surface area contributed by atoms with Crippen LogP contribution in [0.2, 0.25) is 0 Å². The monoisotopic (exact) mass is 317 g/mol. The molecule has 0 spiro atoms. The van der Waals surface area contributed by atoms with E-state index in [-0.39, 0.29) is 24.6 Å². The molecule has 1 aliphatic heterocycles. The first-order valence-electron chi connectivity index (χ1n) is 6.03. The number of rotatable bonds is 4. The maximum atomic E-state index is 13.5. The Morgan fingerprint density at radius 2 is 2.33 bits per heavy atom. The highest BCUT2D eigenvalue weighted by atomic mass is 79.9. The summed E-state index contributed by atoms with van der Waals surface area (Å²) in [5.41, 5.74) is 0.557. The Bertz CT molecular complexity index is 403. The third kappa shape index (κ3) is 4.02. The van der Waals surface area contributed by atoms with Gasteiger partial charge in [-0.1, -0.05) is 15.9 Å². The van der Waals surface area contributed by atoms with E-state index in [0.717, 1.165) is 17.6 Å². The van der Waals surface area contributed by atoms with Crippen LogP contribution in [-0.2, 0) is 16.1 Å². The molecule has 0 aliphatic carbocycles. The lowest BCUT2D eigenvalue weighted by atomic mass is 10.2. The van der Waals surface area contributed by atoms with E-state index < -0.39 is 0 Å². The van der Waals surface area contributed by atoms with E-state index in [1.807, 2.05) is 6.92 Å². The minimum Gasteiger partial charge on any atom is -0.374 e. The summed E-state index contributed by atoms with van der Waals surface area (Å²) in [5, 5.41) is 3.27. The van der Waals surface area contributed by atoms with Crippen molar-refractivity contribution in [1.29, 1.82) is 0 Å². The summed E-state index contributed by atoms with van der Waals surface area (Å²) in [5.74, 6) is -0.241. The molecule has 0 bridgehead atoms. The molecule has 0 saturated carbocycles. The van der Waals surface area contributed by atoms with Crippen molar-refractivity contribution < 1.29 is 13.9 Å². The highest BCUT2D eigenvalue weighted by molar-refractivity contribution is 9.10. The normalized spacial score (nSPS) is 24.2. The van der Waals surface area contributed by atoms with Gasteiger partial charge in [0.15, 0.2) is 0 Å². The third-order valence-electron chi connectivity index (χ3n) is 2.80. The van der Waals surface area contributed by atoms with Crippen molar-refractivity contribution in [1.82, 2.24) is 5.32 Å². The molecule has 0 radical (unpaired) electrons. The molecule has 1 aromatic carbocycles. The summed E-state index contributed by atoms with van der Waals surface area (Å²) in [4.78, 5) is 0. The lowest BCUT2D eigenvalue weighted by molar-refractivity contribution is -0.0719. The Morgan fingerprint density at radius 1 is 1.50 bits per heavy atom. The van der Waals surface area contributed by atoms with Crippen molar-refractivity contribution in [3.63, 3.8) is 0 Å². The van der Waals surface area contributed by atoms with E-state index in [1.165, 1.54) is 6.07 Å². The summed E-state index contributed by atoms with van der Waals surface area (Å²) < 4.78 is 25.5. The van der Waals surface area contributed by atoms with Gasteiger partial charge in [-0.2, -0.15) is 0 Å². The summed E-state index contributed by atoms with van der Waals surface area (Å²) in [6.07, 6.45) is 0.249. The average Bonchev–Trinajstić information content (AvgIpc) is 2.34.